The minimum Gasteiger partial charge on any atom is -0.354 e. The third-order valence-corrected chi connectivity index (χ3v) is 1.65. The smallest absolute Gasteiger partial charge is 0.241 e. The van der Waals surface area contributed by atoms with Crippen molar-refractivity contribution in [2.75, 3.05) is 6.54 Å². The molecule has 0 radical (unpaired) electrons. The molecule has 1 aromatic heterocycles. The number of nitrogens with one attached hydrogen (secondary N) is 1. The maximum atomic E-state index is 11.2. The van der Waals surface area contributed by atoms with Crippen LogP contribution >= 0.6 is 0 Å². The molecule has 0 aliphatic heterocycles. The molecule has 5 heteroatoms. The van der Waals surface area contributed by atoms with Crippen LogP contribution in [-0.2, 0) is 11.3 Å². The summed E-state index contributed by atoms with van der Waals surface area (Å²) in [5.41, 5.74) is 0. The van der Waals surface area contributed by atoms with Crippen LogP contribution < -0.4 is 5.32 Å². The molecule has 0 bridgehead atoms. The van der Waals surface area contributed by atoms with Crippen LogP contribution in [-0.4, -0.2) is 27.4 Å². The lowest BCUT2D eigenvalue weighted by Crippen LogP contribution is -2.28. The minimum atomic E-state index is -0.0417. The van der Waals surface area contributed by atoms with Gasteiger partial charge in [0.05, 0.1) is 6.20 Å². The normalized spacial score (nSPS) is 10.6. The molecule has 0 aliphatic carbocycles. The highest BCUT2D eigenvalue weighted by Crippen LogP contribution is 1.83. The Bertz CT molecular complexity index is 292. The average Bonchev–Trinajstić information content (AvgIpc) is 2.65. The van der Waals surface area contributed by atoms with Crippen molar-refractivity contribution < 1.29 is 4.79 Å². The van der Waals surface area contributed by atoms with Crippen molar-refractivity contribution in [1.82, 2.24) is 20.3 Å². The zero-order valence-corrected chi connectivity index (χ0v) is 8.18. The zero-order valence-electron chi connectivity index (χ0n) is 8.18. The monoisotopic (exact) mass is 194 g/mol. The lowest BCUT2D eigenvalue weighted by Gasteiger charge is -2.02. The van der Waals surface area contributed by atoms with E-state index in [1.165, 1.54) is 4.68 Å². The maximum Gasteiger partial charge on any atom is 0.241 e. The molecule has 5 nitrogen and oxygen atoms in total. The van der Waals surface area contributed by atoms with E-state index in [0.29, 0.717) is 6.54 Å². The van der Waals surface area contributed by atoms with Gasteiger partial charge in [0.2, 0.25) is 5.91 Å². The molecule has 0 atom stereocenters. The van der Waals surface area contributed by atoms with Crippen molar-refractivity contribution in [2.24, 2.45) is 0 Å². The van der Waals surface area contributed by atoms with Crippen LogP contribution in [0.2, 0.25) is 0 Å². The highest BCUT2D eigenvalue weighted by molar-refractivity contribution is 5.75. The lowest BCUT2D eigenvalue weighted by molar-refractivity contribution is -0.121. The first-order valence-corrected chi connectivity index (χ1v) is 4.55. The van der Waals surface area contributed by atoms with Gasteiger partial charge in [0.1, 0.15) is 6.54 Å². The van der Waals surface area contributed by atoms with E-state index in [1.54, 1.807) is 12.4 Å². The van der Waals surface area contributed by atoms with Gasteiger partial charge in [-0.1, -0.05) is 17.4 Å². The molecule has 0 unspecified atom stereocenters. The van der Waals surface area contributed by atoms with Crippen LogP contribution in [0.1, 0.15) is 13.3 Å². The Morgan fingerprint density at radius 1 is 1.64 bits per heavy atom. The van der Waals surface area contributed by atoms with Crippen LogP contribution in [0.5, 0.6) is 0 Å². The number of hydrogen-bond donors (Lipinski definition) is 1. The molecular weight excluding hydrogens is 180 g/mol. The molecule has 0 aliphatic rings. The fraction of sp³-hybridized carbons (Fsp3) is 0.444. The van der Waals surface area contributed by atoms with Crippen molar-refractivity contribution >= 4 is 5.91 Å². The second kappa shape index (κ2) is 5.90. The minimum absolute atomic E-state index is 0.0417. The van der Waals surface area contributed by atoms with Crippen LogP contribution in [0.25, 0.3) is 0 Å². The van der Waals surface area contributed by atoms with E-state index in [1.807, 2.05) is 19.1 Å². The highest BCUT2D eigenvalue weighted by atomic mass is 16.2. The molecule has 14 heavy (non-hydrogen) atoms. The summed E-state index contributed by atoms with van der Waals surface area (Å²) in [7, 11) is 0. The molecular formula is C9H14N4O. The second-order valence-electron chi connectivity index (χ2n) is 2.81. The number of carbonyl (C=O) groups excluding carboxylic acids is 1. The SMILES string of the molecule is C/C=C/CCNC(=O)Cn1ccnn1. The summed E-state index contributed by atoms with van der Waals surface area (Å²) in [6, 6.07) is 0. The number of aromatic nitrogens is 3. The second-order valence-corrected chi connectivity index (χ2v) is 2.81. The number of hydrogen-bond acceptors (Lipinski definition) is 3. The van der Waals surface area contributed by atoms with Gasteiger partial charge in [0, 0.05) is 12.7 Å². The number of amides is 1. The van der Waals surface area contributed by atoms with Crippen molar-refractivity contribution in [2.45, 2.75) is 19.9 Å². The van der Waals surface area contributed by atoms with Gasteiger partial charge in [0.25, 0.3) is 0 Å². The highest BCUT2D eigenvalue weighted by Gasteiger charge is 2.00. The van der Waals surface area contributed by atoms with E-state index < -0.39 is 0 Å². The van der Waals surface area contributed by atoms with Crippen LogP contribution in [0.15, 0.2) is 24.5 Å². The lowest BCUT2D eigenvalue weighted by atomic mass is 10.4. The third-order valence-electron chi connectivity index (χ3n) is 1.65. The first-order valence-electron chi connectivity index (χ1n) is 4.55. The number of carbonyl (C=O) groups is 1. The van der Waals surface area contributed by atoms with Crippen molar-refractivity contribution in [3.05, 3.63) is 24.5 Å². The summed E-state index contributed by atoms with van der Waals surface area (Å²) in [6.07, 6.45) is 8.04. The summed E-state index contributed by atoms with van der Waals surface area (Å²) in [5.74, 6) is -0.0417. The molecule has 0 fully saturated rings. The summed E-state index contributed by atoms with van der Waals surface area (Å²) < 4.78 is 1.49. The molecule has 1 heterocycles. The third kappa shape index (κ3) is 3.84. The summed E-state index contributed by atoms with van der Waals surface area (Å²) in [6.45, 7) is 2.85. The van der Waals surface area contributed by atoms with Gasteiger partial charge >= 0.3 is 0 Å². The zero-order chi connectivity index (χ0) is 10.2. The Labute approximate surface area is 82.8 Å². The summed E-state index contributed by atoms with van der Waals surface area (Å²) >= 11 is 0. The molecule has 1 N–H and O–H groups in total. The fourth-order valence-corrected chi connectivity index (χ4v) is 0.982. The van der Waals surface area contributed by atoms with Crippen molar-refractivity contribution in [1.29, 1.82) is 0 Å². The summed E-state index contributed by atoms with van der Waals surface area (Å²) in [5, 5.41) is 10.1. The van der Waals surface area contributed by atoms with E-state index in [0.717, 1.165) is 6.42 Å². The molecule has 76 valence electrons. The van der Waals surface area contributed by atoms with Crippen LogP contribution in [0.3, 0.4) is 0 Å². The molecule has 1 rings (SSSR count). The van der Waals surface area contributed by atoms with Gasteiger partial charge < -0.3 is 5.32 Å². The Kier molecular flexibility index (Phi) is 4.40. The Morgan fingerprint density at radius 3 is 3.14 bits per heavy atom. The number of rotatable bonds is 5. The van der Waals surface area contributed by atoms with E-state index in [-0.39, 0.29) is 12.5 Å². The molecule has 0 saturated carbocycles. The topological polar surface area (TPSA) is 59.8 Å². The van der Waals surface area contributed by atoms with E-state index in [4.69, 9.17) is 0 Å². The summed E-state index contributed by atoms with van der Waals surface area (Å²) in [4.78, 5) is 11.2. The van der Waals surface area contributed by atoms with Gasteiger partial charge in [-0.2, -0.15) is 0 Å². The van der Waals surface area contributed by atoms with Crippen LogP contribution in [0.4, 0.5) is 0 Å². The quantitative estimate of drug-likeness (QED) is 0.544. The van der Waals surface area contributed by atoms with Crippen molar-refractivity contribution in [3.8, 4) is 0 Å². The van der Waals surface area contributed by atoms with E-state index in [9.17, 15) is 4.79 Å². The largest absolute Gasteiger partial charge is 0.354 e. The predicted octanol–water partition coefficient (Wildman–Crippen LogP) is 0.360. The van der Waals surface area contributed by atoms with Gasteiger partial charge in [-0.3, -0.25) is 4.79 Å². The molecule has 1 aromatic rings. The average molecular weight is 194 g/mol. The number of nitrogens with zero attached hydrogens (tertiary/aromatic N) is 3. The molecule has 0 spiro atoms. The van der Waals surface area contributed by atoms with Crippen molar-refractivity contribution in [3.63, 3.8) is 0 Å². The van der Waals surface area contributed by atoms with E-state index in [2.05, 4.69) is 15.6 Å². The van der Waals surface area contributed by atoms with Gasteiger partial charge in [-0.15, -0.1) is 5.10 Å². The van der Waals surface area contributed by atoms with E-state index >= 15 is 0 Å². The molecule has 0 saturated heterocycles. The Hall–Kier alpha value is -1.65. The number of allylic oxidation sites excluding steroid dienone is 1. The molecule has 1 amide bonds. The predicted molar refractivity (Wildman–Crippen MR) is 52.5 cm³/mol. The first-order chi connectivity index (χ1) is 6.83. The van der Waals surface area contributed by atoms with Crippen LogP contribution in [0, 0.1) is 0 Å². The Morgan fingerprint density at radius 2 is 2.50 bits per heavy atom. The Balaban J connectivity index is 2.17. The van der Waals surface area contributed by atoms with Gasteiger partial charge in [-0.25, -0.2) is 4.68 Å². The maximum absolute atomic E-state index is 11.2. The fourth-order valence-electron chi connectivity index (χ4n) is 0.982. The molecule has 0 aromatic carbocycles. The first kappa shape index (κ1) is 10.4. The van der Waals surface area contributed by atoms with Gasteiger partial charge in [-0.05, 0) is 13.3 Å². The standard InChI is InChI=1S/C9H14N4O/c1-2-3-4-5-10-9(14)8-13-7-6-11-12-13/h2-3,6-7H,4-5,8H2,1H3,(H,10,14)/b3-2+. The van der Waals surface area contributed by atoms with Gasteiger partial charge in [0.15, 0.2) is 0 Å².